The molecule has 0 spiro atoms. The lowest BCUT2D eigenvalue weighted by molar-refractivity contribution is 0.658. The molecule has 4 nitrogen and oxygen atoms in total. The molecule has 0 aliphatic rings. The Labute approximate surface area is 148 Å². The van der Waals surface area contributed by atoms with E-state index in [1.807, 2.05) is 30.3 Å². The number of rotatable bonds is 5. The Morgan fingerprint density at radius 1 is 1.17 bits per heavy atom. The number of halogens is 1. The van der Waals surface area contributed by atoms with Crippen molar-refractivity contribution >= 4 is 34.3 Å². The molecule has 0 saturated heterocycles. The van der Waals surface area contributed by atoms with Crippen LogP contribution in [0.25, 0.3) is 10.9 Å². The van der Waals surface area contributed by atoms with E-state index in [0.29, 0.717) is 39.8 Å². The average Bonchev–Trinajstić information content (AvgIpc) is 2.60. The first-order valence-corrected chi connectivity index (χ1v) is 8.79. The van der Waals surface area contributed by atoms with Crippen LogP contribution in [0.2, 0.25) is 5.02 Å². The summed E-state index contributed by atoms with van der Waals surface area (Å²) in [5.41, 5.74) is 1.57. The summed E-state index contributed by atoms with van der Waals surface area (Å²) in [6.07, 6.45) is 0.411. The van der Waals surface area contributed by atoms with Crippen molar-refractivity contribution in [3.05, 3.63) is 69.5 Å². The first-order valence-electron chi connectivity index (χ1n) is 7.43. The van der Waals surface area contributed by atoms with Crippen molar-refractivity contribution in [3.63, 3.8) is 0 Å². The Bertz CT molecular complexity index is 961. The fraction of sp³-hybridized carbons (Fsp3) is 0.167. The van der Waals surface area contributed by atoms with Gasteiger partial charge in [0.15, 0.2) is 5.16 Å². The summed E-state index contributed by atoms with van der Waals surface area (Å²) < 4.78 is 1.66. The van der Waals surface area contributed by atoms with Gasteiger partial charge in [0.2, 0.25) is 0 Å². The lowest BCUT2D eigenvalue weighted by Gasteiger charge is -2.13. The molecule has 0 radical (unpaired) electrons. The van der Waals surface area contributed by atoms with Crippen LogP contribution in [0.3, 0.4) is 0 Å². The van der Waals surface area contributed by atoms with Crippen molar-refractivity contribution in [2.75, 3.05) is 5.75 Å². The zero-order chi connectivity index (χ0) is 16.9. The van der Waals surface area contributed by atoms with Crippen LogP contribution < -0.4 is 5.56 Å². The smallest absolute Gasteiger partial charge is 0.262 e. The zero-order valence-electron chi connectivity index (χ0n) is 12.8. The second kappa shape index (κ2) is 7.52. The van der Waals surface area contributed by atoms with Gasteiger partial charge in [0.1, 0.15) is 0 Å². The van der Waals surface area contributed by atoms with Crippen LogP contribution >= 0.6 is 23.4 Å². The topological polar surface area (TPSA) is 58.7 Å². The van der Waals surface area contributed by atoms with Crippen LogP contribution in [0.1, 0.15) is 12.0 Å². The molecule has 0 amide bonds. The fourth-order valence-electron chi connectivity index (χ4n) is 2.36. The van der Waals surface area contributed by atoms with E-state index in [4.69, 9.17) is 16.9 Å². The molecule has 0 bridgehead atoms. The molecule has 0 fully saturated rings. The minimum atomic E-state index is -0.0741. The second-order valence-corrected chi connectivity index (χ2v) is 6.68. The molecule has 3 aromatic rings. The number of benzene rings is 2. The van der Waals surface area contributed by atoms with Gasteiger partial charge < -0.3 is 0 Å². The summed E-state index contributed by atoms with van der Waals surface area (Å²) >= 11 is 7.35. The van der Waals surface area contributed by atoms with Gasteiger partial charge in [-0.1, -0.05) is 47.6 Å². The maximum absolute atomic E-state index is 12.9. The van der Waals surface area contributed by atoms with Gasteiger partial charge in [0.25, 0.3) is 5.56 Å². The number of para-hydroxylation sites is 1. The molecule has 0 unspecified atom stereocenters. The Kier molecular flexibility index (Phi) is 5.19. The third-order valence-electron chi connectivity index (χ3n) is 3.53. The zero-order valence-corrected chi connectivity index (χ0v) is 14.3. The van der Waals surface area contributed by atoms with Crippen LogP contribution in [-0.2, 0) is 6.54 Å². The minimum absolute atomic E-state index is 0.0741. The molecular formula is C18H14ClN3OS. The van der Waals surface area contributed by atoms with Gasteiger partial charge in [-0.2, -0.15) is 5.26 Å². The predicted molar refractivity (Wildman–Crippen MR) is 97.5 cm³/mol. The maximum Gasteiger partial charge on any atom is 0.262 e. The highest BCUT2D eigenvalue weighted by Crippen LogP contribution is 2.20. The predicted octanol–water partition coefficient (Wildman–Crippen LogP) is 4.10. The molecule has 1 aromatic heterocycles. The normalized spacial score (nSPS) is 10.7. The first-order chi connectivity index (χ1) is 11.7. The molecule has 0 atom stereocenters. The van der Waals surface area contributed by atoms with Crippen LogP contribution in [0.5, 0.6) is 0 Å². The third kappa shape index (κ3) is 3.61. The van der Waals surface area contributed by atoms with Crippen LogP contribution in [-0.4, -0.2) is 15.3 Å². The Balaban J connectivity index is 2.06. The highest BCUT2D eigenvalue weighted by molar-refractivity contribution is 7.99. The number of aromatic nitrogens is 2. The summed E-state index contributed by atoms with van der Waals surface area (Å²) in [6.45, 7) is 0.419. The summed E-state index contributed by atoms with van der Waals surface area (Å²) in [6, 6.07) is 16.8. The van der Waals surface area contributed by atoms with E-state index in [9.17, 15) is 4.79 Å². The van der Waals surface area contributed by atoms with E-state index in [2.05, 4.69) is 11.1 Å². The van der Waals surface area contributed by atoms with E-state index in [0.717, 1.165) is 5.56 Å². The van der Waals surface area contributed by atoms with Gasteiger partial charge in [-0.05, 0) is 29.8 Å². The number of nitriles is 1. The maximum atomic E-state index is 12.9. The number of hydrogen-bond acceptors (Lipinski definition) is 4. The third-order valence-corrected chi connectivity index (χ3v) is 4.76. The number of nitrogens with zero attached hydrogens (tertiary/aromatic N) is 3. The van der Waals surface area contributed by atoms with E-state index in [1.54, 1.807) is 22.8 Å². The van der Waals surface area contributed by atoms with Crippen molar-refractivity contribution < 1.29 is 0 Å². The number of fused-ring (bicyclic) bond motifs is 1. The fourth-order valence-corrected chi connectivity index (χ4v) is 3.33. The molecule has 24 heavy (non-hydrogen) atoms. The van der Waals surface area contributed by atoms with Crippen molar-refractivity contribution in [2.45, 2.75) is 18.1 Å². The van der Waals surface area contributed by atoms with Crippen LogP contribution in [0.4, 0.5) is 0 Å². The summed E-state index contributed by atoms with van der Waals surface area (Å²) in [5, 5.41) is 10.6. The lowest BCUT2D eigenvalue weighted by atomic mass is 10.2. The standard InChI is InChI=1S/C18H14ClN3OS/c19-14-8-6-13(7-9-14)12-22-17(23)15-4-1-2-5-16(15)21-18(22)24-11-3-10-20/h1-2,4-9H,3,11-12H2. The first kappa shape index (κ1) is 16.6. The van der Waals surface area contributed by atoms with Gasteiger partial charge in [-0.3, -0.25) is 9.36 Å². The van der Waals surface area contributed by atoms with Gasteiger partial charge in [0.05, 0.1) is 23.5 Å². The van der Waals surface area contributed by atoms with Crippen LogP contribution in [0.15, 0.2) is 58.5 Å². The summed E-state index contributed by atoms with van der Waals surface area (Å²) in [5.74, 6) is 0.599. The van der Waals surface area contributed by atoms with Crippen LogP contribution in [0, 0.1) is 11.3 Å². The molecule has 0 aliphatic heterocycles. The molecule has 120 valence electrons. The molecule has 0 saturated carbocycles. The van der Waals surface area contributed by atoms with Gasteiger partial charge in [-0.25, -0.2) is 4.98 Å². The van der Waals surface area contributed by atoms with E-state index < -0.39 is 0 Å². The Hall–Kier alpha value is -2.29. The molecule has 0 aliphatic carbocycles. The highest BCUT2D eigenvalue weighted by atomic mass is 35.5. The van der Waals surface area contributed by atoms with Crippen molar-refractivity contribution in [1.29, 1.82) is 5.26 Å². The molecule has 2 aromatic carbocycles. The monoisotopic (exact) mass is 355 g/mol. The van der Waals surface area contributed by atoms with Gasteiger partial charge >= 0.3 is 0 Å². The lowest BCUT2D eigenvalue weighted by Crippen LogP contribution is -2.24. The van der Waals surface area contributed by atoms with Crippen molar-refractivity contribution in [1.82, 2.24) is 9.55 Å². The Morgan fingerprint density at radius 3 is 2.67 bits per heavy atom. The number of thioether (sulfide) groups is 1. The van der Waals surface area contributed by atoms with E-state index >= 15 is 0 Å². The molecule has 1 heterocycles. The molecular weight excluding hydrogens is 342 g/mol. The second-order valence-electron chi connectivity index (χ2n) is 5.19. The van der Waals surface area contributed by atoms with Gasteiger partial charge in [0, 0.05) is 17.2 Å². The van der Waals surface area contributed by atoms with Crippen molar-refractivity contribution in [3.8, 4) is 6.07 Å². The quantitative estimate of drug-likeness (QED) is 0.392. The largest absolute Gasteiger partial charge is 0.283 e. The van der Waals surface area contributed by atoms with Crippen molar-refractivity contribution in [2.24, 2.45) is 0 Å². The van der Waals surface area contributed by atoms with Gasteiger partial charge in [-0.15, -0.1) is 0 Å². The molecule has 6 heteroatoms. The summed E-state index contributed by atoms with van der Waals surface area (Å²) in [7, 11) is 0. The molecule has 3 rings (SSSR count). The van der Waals surface area contributed by atoms with E-state index in [-0.39, 0.29) is 5.56 Å². The Morgan fingerprint density at radius 2 is 1.92 bits per heavy atom. The summed E-state index contributed by atoms with van der Waals surface area (Å²) in [4.78, 5) is 17.5. The SMILES string of the molecule is N#CCCSc1nc2ccccc2c(=O)n1Cc1ccc(Cl)cc1. The average molecular weight is 356 g/mol. The molecule has 0 N–H and O–H groups in total. The number of hydrogen-bond donors (Lipinski definition) is 0. The van der Waals surface area contributed by atoms with E-state index in [1.165, 1.54) is 11.8 Å². The minimum Gasteiger partial charge on any atom is -0.283 e. The highest BCUT2D eigenvalue weighted by Gasteiger charge is 2.11.